The van der Waals surface area contributed by atoms with E-state index in [2.05, 4.69) is 42.5 Å². The second-order valence-electron chi connectivity index (χ2n) is 5.80. The Morgan fingerprint density at radius 1 is 1.00 bits per heavy atom. The normalized spacial score (nSPS) is 17.9. The van der Waals surface area contributed by atoms with Crippen molar-refractivity contribution in [3.8, 4) is 0 Å². The Kier molecular flexibility index (Phi) is 4.08. The predicted octanol–water partition coefficient (Wildman–Crippen LogP) is 5.43. The molecule has 0 bridgehead atoms. The van der Waals surface area contributed by atoms with Crippen LogP contribution in [0.15, 0.2) is 42.5 Å². The largest absolute Gasteiger partial charge is 0.126 e. The zero-order chi connectivity index (χ0) is 13.1. The van der Waals surface area contributed by atoms with Gasteiger partial charge in [-0.2, -0.15) is 0 Å². The van der Waals surface area contributed by atoms with Gasteiger partial charge in [-0.1, -0.05) is 68.1 Å². The van der Waals surface area contributed by atoms with Crippen molar-refractivity contribution in [2.24, 2.45) is 11.8 Å². The molecule has 0 aliphatic heterocycles. The van der Waals surface area contributed by atoms with E-state index < -0.39 is 0 Å². The summed E-state index contributed by atoms with van der Waals surface area (Å²) in [5.74, 6) is 2.29. The number of halogens is 1. The van der Waals surface area contributed by atoms with Gasteiger partial charge in [0.2, 0.25) is 0 Å². The van der Waals surface area contributed by atoms with Gasteiger partial charge in [-0.15, -0.1) is 11.6 Å². The van der Waals surface area contributed by atoms with Gasteiger partial charge in [-0.25, -0.2) is 0 Å². The molecule has 0 heterocycles. The predicted molar refractivity (Wildman–Crippen MR) is 83.8 cm³/mol. The van der Waals surface area contributed by atoms with Crippen molar-refractivity contribution in [2.45, 2.75) is 32.1 Å². The summed E-state index contributed by atoms with van der Waals surface area (Å²) in [7, 11) is 0. The van der Waals surface area contributed by atoms with E-state index in [1.807, 2.05) is 0 Å². The maximum atomic E-state index is 6.25. The fourth-order valence-corrected chi connectivity index (χ4v) is 3.89. The SMILES string of the molecule is ClCC(Cc1cccc2ccccc12)C1CCCC1. The van der Waals surface area contributed by atoms with Gasteiger partial charge >= 0.3 is 0 Å². The monoisotopic (exact) mass is 272 g/mol. The Bertz CT molecular complexity index is 535. The van der Waals surface area contributed by atoms with Crippen LogP contribution in [0.1, 0.15) is 31.2 Å². The van der Waals surface area contributed by atoms with Gasteiger partial charge in [0, 0.05) is 5.88 Å². The van der Waals surface area contributed by atoms with Crippen LogP contribution in [0.5, 0.6) is 0 Å². The molecule has 3 rings (SSSR count). The van der Waals surface area contributed by atoms with E-state index in [-0.39, 0.29) is 0 Å². The van der Waals surface area contributed by atoms with Crippen LogP contribution < -0.4 is 0 Å². The van der Waals surface area contributed by atoms with Gasteiger partial charge in [0.15, 0.2) is 0 Å². The second kappa shape index (κ2) is 5.96. The average molecular weight is 273 g/mol. The minimum atomic E-state index is 0.648. The quantitative estimate of drug-likeness (QED) is 0.651. The first-order valence-corrected chi connectivity index (χ1v) is 7.94. The highest BCUT2D eigenvalue weighted by atomic mass is 35.5. The molecule has 0 N–H and O–H groups in total. The Hall–Kier alpha value is -1.01. The minimum absolute atomic E-state index is 0.648. The van der Waals surface area contributed by atoms with Crippen LogP contribution in [0.4, 0.5) is 0 Å². The molecule has 1 unspecified atom stereocenters. The highest BCUT2D eigenvalue weighted by Gasteiger charge is 2.24. The van der Waals surface area contributed by atoms with Crippen LogP contribution in [-0.2, 0) is 6.42 Å². The third kappa shape index (κ3) is 2.79. The van der Waals surface area contributed by atoms with E-state index in [0.717, 1.165) is 18.2 Å². The van der Waals surface area contributed by atoms with Crippen LogP contribution in [0, 0.1) is 11.8 Å². The third-order valence-corrected chi connectivity index (χ3v) is 5.02. The summed E-state index contributed by atoms with van der Waals surface area (Å²) in [5, 5.41) is 2.75. The molecule has 1 saturated carbocycles. The van der Waals surface area contributed by atoms with Gasteiger partial charge in [0.05, 0.1) is 0 Å². The summed E-state index contributed by atoms with van der Waals surface area (Å²) in [6.45, 7) is 0. The zero-order valence-electron chi connectivity index (χ0n) is 11.3. The van der Waals surface area contributed by atoms with Crippen molar-refractivity contribution < 1.29 is 0 Å². The molecule has 19 heavy (non-hydrogen) atoms. The number of fused-ring (bicyclic) bond motifs is 1. The Morgan fingerprint density at radius 2 is 1.74 bits per heavy atom. The summed E-state index contributed by atoms with van der Waals surface area (Å²) >= 11 is 6.25. The topological polar surface area (TPSA) is 0 Å². The van der Waals surface area contributed by atoms with Crippen LogP contribution in [0.3, 0.4) is 0 Å². The molecule has 1 atom stereocenters. The van der Waals surface area contributed by atoms with E-state index >= 15 is 0 Å². The number of hydrogen-bond donors (Lipinski definition) is 0. The molecule has 1 heteroatoms. The Balaban J connectivity index is 1.87. The molecular formula is C18H21Cl. The van der Waals surface area contributed by atoms with Gasteiger partial charge in [-0.05, 0) is 34.6 Å². The van der Waals surface area contributed by atoms with Crippen LogP contribution in [0.25, 0.3) is 10.8 Å². The first-order chi connectivity index (χ1) is 9.38. The number of alkyl halides is 1. The van der Waals surface area contributed by atoms with Gasteiger partial charge in [-0.3, -0.25) is 0 Å². The number of benzene rings is 2. The molecule has 0 aromatic heterocycles. The molecule has 0 radical (unpaired) electrons. The molecule has 0 spiro atoms. The van der Waals surface area contributed by atoms with Crippen molar-refractivity contribution in [2.75, 3.05) is 5.88 Å². The maximum Gasteiger partial charge on any atom is 0.0257 e. The zero-order valence-corrected chi connectivity index (χ0v) is 12.1. The summed E-state index contributed by atoms with van der Waals surface area (Å²) in [6, 6.07) is 15.3. The van der Waals surface area contributed by atoms with Gasteiger partial charge in [0.1, 0.15) is 0 Å². The van der Waals surface area contributed by atoms with Crippen molar-refractivity contribution in [1.29, 1.82) is 0 Å². The van der Waals surface area contributed by atoms with Crippen LogP contribution in [0.2, 0.25) is 0 Å². The Morgan fingerprint density at radius 3 is 2.53 bits per heavy atom. The van der Waals surface area contributed by atoms with E-state index in [0.29, 0.717) is 5.92 Å². The van der Waals surface area contributed by atoms with E-state index in [9.17, 15) is 0 Å². The maximum absolute atomic E-state index is 6.25. The summed E-state index contributed by atoms with van der Waals surface area (Å²) < 4.78 is 0. The Labute approximate surface area is 120 Å². The third-order valence-electron chi connectivity index (χ3n) is 4.63. The van der Waals surface area contributed by atoms with Crippen molar-refractivity contribution in [3.63, 3.8) is 0 Å². The van der Waals surface area contributed by atoms with Gasteiger partial charge < -0.3 is 0 Å². The second-order valence-corrected chi connectivity index (χ2v) is 6.11. The van der Waals surface area contributed by atoms with E-state index in [1.54, 1.807) is 0 Å². The van der Waals surface area contributed by atoms with Crippen molar-refractivity contribution in [3.05, 3.63) is 48.0 Å². The fourth-order valence-electron chi connectivity index (χ4n) is 3.53. The molecule has 1 aliphatic rings. The molecule has 0 saturated heterocycles. The minimum Gasteiger partial charge on any atom is -0.126 e. The molecule has 2 aromatic carbocycles. The molecular weight excluding hydrogens is 252 g/mol. The molecule has 1 aliphatic carbocycles. The van der Waals surface area contributed by atoms with Crippen LogP contribution in [-0.4, -0.2) is 5.88 Å². The summed E-state index contributed by atoms with van der Waals surface area (Å²) in [6.07, 6.45) is 6.68. The van der Waals surface area contributed by atoms with Crippen LogP contribution >= 0.6 is 11.6 Å². The van der Waals surface area contributed by atoms with Crippen molar-refractivity contribution in [1.82, 2.24) is 0 Å². The summed E-state index contributed by atoms with van der Waals surface area (Å²) in [5.41, 5.74) is 1.47. The lowest BCUT2D eigenvalue weighted by Gasteiger charge is -2.21. The lowest BCUT2D eigenvalue weighted by atomic mass is 9.86. The lowest BCUT2D eigenvalue weighted by Crippen LogP contribution is -2.16. The van der Waals surface area contributed by atoms with Crippen molar-refractivity contribution >= 4 is 22.4 Å². The molecule has 2 aromatic rings. The highest BCUT2D eigenvalue weighted by molar-refractivity contribution is 6.18. The molecule has 1 fully saturated rings. The van der Waals surface area contributed by atoms with E-state index in [4.69, 9.17) is 11.6 Å². The van der Waals surface area contributed by atoms with Gasteiger partial charge in [0.25, 0.3) is 0 Å². The smallest absolute Gasteiger partial charge is 0.0257 e. The number of hydrogen-bond acceptors (Lipinski definition) is 0. The molecule has 0 amide bonds. The standard InChI is InChI=1S/C18H21Cl/c19-13-17(14-6-1-2-7-14)12-16-10-5-9-15-8-3-4-11-18(15)16/h3-5,8-11,14,17H,1-2,6-7,12-13H2. The lowest BCUT2D eigenvalue weighted by molar-refractivity contribution is 0.370. The number of rotatable bonds is 4. The highest BCUT2D eigenvalue weighted by Crippen LogP contribution is 2.35. The fraction of sp³-hybridized carbons (Fsp3) is 0.444. The molecule has 100 valence electrons. The first kappa shape index (κ1) is 13.0. The first-order valence-electron chi connectivity index (χ1n) is 7.41. The van der Waals surface area contributed by atoms with E-state index in [1.165, 1.54) is 42.0 Å². The molecule has 0 nitrogen and oxygen atoms in total. The average Bonchev–Trinajstić information content (AvgIpc) is 2.99. The summed E-state index contributed by atoms with van der Waals surface area (Å²) in [4.78, 5) is 0.